The lowest BCUT2D eigenvalue weighted by atomic mass is 9.90. The molecule has 160 valence electrons. The van der Waals surface area contributed by atoms with Crippen LogP contribution in [-0.2, 0) is 11.3 Å². The van der Waals surface area contributed by atoms with Crippen LogP contribution in [-0.4, -0.2) is 49.3 Å². The van der Waals surface area contributed by atoms with Crippen molar-refractivity contribution in [3.05, 3.63) is 54.1 Å². The first kappa shape index (κ1) is 20.7. The molecule has 1 saturated heterocycles. The van der Waals surface area contributed by atoms with Gasteiger partial charge in [-0.1, -0.05) is 24.3 Å². The van der Waals surface area contributed by atoms with Crippen LogP contribution in [0.25, 0.3) is 0 Å². The summed E-state index contributed by atoms with van der Waals surface area (Å²) in [6.45, 7) is 3.21. The first-order valence-corrected chi connectivity index (χ1v) is 10.6. The van der Waals surface area contributed by atoms with Gasteiger partial charge >= 0.3 is 0 Å². The lowest BCUT2D eigenvalue weighted by Gasteiger charge is -2.33. The molecule has 1 atom stereocenters. The highest BCUT2D eigenvalue weighted by molar-refractivity contribution is 5.96. The van der Waals surface area contributed by atoms with Crippen molar-refractivity contribution < 1.29 is 19.4 Å². The average Bonchev–Trinajstić information content (AvgIpc) is 3.48. The number of methoxy groups -OCH3 is 1. The smallest absolute Gasteiger partial charge is 0.228 e. The summed E-state index contributed by atoms with van der Waals surface area (Å²) in [6.07, 6.45) is 3.09. The van der Waals surface area contributed by atoms with Gasteiger partial charge in [0.05, 0.1) is 19.4 Å². The van der Waals surface area contributed by atoms with Crippen LogP contribution >= 0.6 is 0 Å². The van der Waals surface area contributed by atoms with E-state index in [9.17, 15) is 4.79 Å². The molecule has 0 aromatic heterocycles. The minimum Gasteiger partial charge on any atom is -0.495 e. The van der Waals surface area contributed by atoms with Crippen LogP contribution in [0, 0.1) is 11.3 Å². The maximum Gasteiger partial charge on any atom is 0.228 e. The molecule has 4 rings (SSSR count). The van der Waals surface area contributed by atoms with E-state index in [0.29, 0.717) is 12.4 Å². The quantitative estimate of drug-likeness (QED) is 0.699. The van der Waals surface area contributed by atoms with E-state index in [1.54, 1.807) is 7.11 Å². The Kier molecular flexibility index (Phi) is 6.25. The number of para-hydroxylation sites is 2. The predicted molar refractivity (Wildman–Crippen MR) is 116 cm³/mol. The molecule has 1 heterocycles. The zero-order valence-corrected chi connectivity index (χ0v) is 17.5. The highest BCUT2D eigenvalue weighted by Crippen LogP contribution is 2.59. The summed E-state index contributed by atoms with van der Waals surface area (Å²) in [5.74, 6) is 1.70. The number of anilines is 1. The normalized spacial score (nSPS) is 20.0. The van der Waals surface area contributed by atoms with Crippen molar-refractivity contribution >= 4 is 11.6 Å². The van der Waals surface area contributed by atoms with Crippen molar-refractivity contribution in [1.29, 1.82) is 0 Å². The largest absolute Gasteiger partial charge is 0.495 e. The molecule has 0 radical (unpaired) electrons. The zero-order chi connectivity index (χ0) is 21.0. The summed E-state index contributed by atoms with van der Waals surface area (Å²) in [7, 11) is 1.62. The van der Waals surface area contributed by atoms with Gasteiger partial charge in [-0.25, -0.2) is 0 Å². The van der Waals surface area contributed by atoms with Gasteiger partial charge in [-0.05, 0) is 67.6 Å². The maximum atomic E-state index is 12.8. The topological polar surface area (TPSA) is 71.0 Å². The Hall–Kier alpha value is -2.57. The number of piperidine rings is 1. The molecule has 1 spiro atoms. The highest BCUT2D eigenvalue weighted by atomic mass is 16.5. The molecule has 6 nitrogen and oxygen atoms in total. The van der Waals surface area contributed by atoms with Gasteiger partial charge in [-0.3, -0.25) is 9.69 Å². The lowest BCUT2D eigenvalue weighted by Crippen LogP contribution is -2.35. The number of hydrogen-bond acceptors (Lipinski definition) is 5. The molecular formula is C24H30N2O4. The number of rotatable bonds is 8. The van der Waals surface area contributed by atoms with E-state index >= 15 is 0 Å². The van der Waals surface area contributed by atoms with Crippen LogP contribution in [0.1, 0.15) is 24.8 Å². The monoisotopic (exact) mass is 410 g/mol. The van der Waals surface area contributed by atoms with Crippen molar-refractivity contribution in [3.63, 3.8) is 0 Å². The SMILES string of the molecule is COc1ccccc1NC(=O)C1CC12CCN(Cc1cccc(OCCO)c1)CC2. The van der Waals surface area contributed by atoms with Crippen molar-refractivity contribution in [2.24, 2.45) is 11.3 Å². The summed E-state index contributed by atoms with van der Waals surface area (Å²) in [6, 6.07) is 15.6. The number of carbonyl (C=O) groups is 1. The Morgan fingerprint density at radius 3 is 2.77 bits per heavy atom. The van der Waals surface area contributed by atoms with Gasteiger partial charge in [0.1, 0.15) is 18.1 Å². The number of likely N-dealkylation sites (tertiary alicyclic amines) is 1. The van der Waals surface area contributed by atoms with Gasteiger partial charge in [0.25, 0.3) is 0 Å². The summed E-state index contributed by atoms with van der Waals surface area (Å²) in [5, 5.41) is 12.0. The second kappa shape index (κ2) is 9.06. The van der Waals surface area contributed by atoms with Crippen LogP contribution in [0.4, 0.5) is 5.69 Å². The second-order valence-electron chi connectivity index (χ2n) is 8.30. The van der Waals surface area contributed by atoms with E-state index in [0.717, 1.165) is 50.3 Å². The van der Waals surface area contributed by atoms with Gasteiger partial charge < -0.3 is 19.9 Å². The van der Waals surface area contributed by atoms with E-state index in [4.69, 9.17) is 14.6 Å². The van der Waals surface area contributed by atoms with Gasteiger partial charge in [0.15, 0.2) is 0 Å². The molecule has 2 aromatic carbocycles. The Labute approximate surface area is 177 Å². The second-order valence-corrected chi connectivity index (χ2v) is 8.30. The Balaban J connectivity index is 1.28. The zero-order valence-electron chi connectivity index (χ0n) is 17.5. The summed E-state index contributed by atoms with van der Waals surface area (Å²) in [5.41, 5.74) is 2.12. The fourth-order valence-electron chi connectivity index (χ4n) is 4.55. The minimum atomic E-state index is 0.0181. The van der Waals surface area contributed by atoms with Gasteiger partial charge in [0.2, 0.25) is 5.91 Å². The lowest BCUT2D eigenvalue weighted by molar-refractivity contribution is -0.118. The molecule has 1 amide bonds. The number of ether oxygens (including phenoxy) is 2. The number of amides is 1. The summed E-state index contributed by atoms with van der Waals surface area (Å²) >= 11 is 0. The molecule has 30 heavy (non-hydrogen) atoms. The minimum absolute atomic E-state index is 0.0181. The first-order chi connectivity index (χ1) is 14.6. The van der Waals surface area contributed by atoms with Crippen LogP contribution < -0.4 is 14.8 Å². The molecule has 1 aliphatic heterocycles. The Morgan fingerprint density at radius 2 is 2.00 bits per heavy atom. The fraction of sp³-hybridized carbons (Fsp3) is 0.458. The molecule has 2 N–H and O–H groups in total. The van der Waals surface area contributed by atoms with Crippen LogP contribution in [0.5, 0.6) is 11.5 Å². The van der Waals surface area contributed by atoms with Crippen molar-refractivity contribution in [3.8, 4) is 11.5 Å². The Morgan fingerprint density at radius 1 is 1.20 bits per heavy atom. The standard InChI is InChI=1S/C24H30N2O4/c1-29-22-8-3-2-7-21(22)25-23(28)20-16-24(20)9-11-26(12-10-24)17-18-5-4-6-19(15-18)30-14-13-27/h2-8,15,20,27H,9-14,16-17H2,1H3,(H,25,28). The van der Waals surface area contributed by atoms with Crippen LogP contribution in [0.3, 0.4) is 0 Å². The number of nitrogens with zero attached hydrogens (tertiary/aromatic N) is 1. The number of nitrogens with one attached hydrogen (secondary N) is 1. The fourth-order valence-corrected chi connectivity index (χ4v) is 4.55. The van der Waals surface area contributed by atoms with Gasteiger partial charge in [0, 0.05) is 12.5 Å². The van der Waals surface area contributed by atoms with E-state index in [2.05, 4.69) is 16.3 Å². The molecule has 2 fully saturated rings. The molecule has 1 aliphatic carbocycles. The predicted octanol–water partition coefficient (Wildman–Crippen LogP) is 3.31. The number of benzene rings is 2. The van der Waals surface area contributed by atoms with Gasteiger partial charge in [-0.2, -0.15) is 0 Å². The van der Waals surface area contributed by atoms with Crippen LogP contribution in [0.15, 0.2) is 48.5 Å². The number of carbonyl (C=O) groups excluding carboxylic acids is 1. The maximum absolute atomic E-state index is 12.8. The van der Waals surface area contributed by atoms with Crippen molar-refractivity contribution in [2.75, 3.05) is 38.7 Å². The first-order valence-electron chi connectivity index (χ1n) is 10.6. The third kappa shape index (κ3) is 4.60. The van der Waals surface area contributed by atoms with Crippen molar-refractivity contribution in [2.45, 2.75) is 25.8 Å². The van der Waals surface area contributed by atoms with Gasteiger partial charge in [-0.15, -0.1) is 0 Å². The molecule has 1 saturated carbocycles. The number of aliphatic hydroxyl groups excluding tert-OH is 1. The van der Waals surface area contributed by atoms with E-state index in [1.807, 2.05) is 42.5 Å². The van der Waals surface area contributed by atoms with E-state index in [1.165, 1.54) is 5.56 Å². The van der Waals surface area contributed by atoms with E-state index < -0.39 is 0 Å². The number of aliphatic hydroxyl groups is 1. The highest BCUT2D eigenvalue weighted by Gasteiger charge is 2.58. The third-order valence-corrected chi connectivity index (χ3v) is 6.39. The molecule has 2 aliphatic rings. The van der Waals surface area contributed by atoms with Crippen molar-refractivity contribution in [1.82, 2.24) is 4.90 Å². The molecule has 1 unspecified atom stereocenters. The summed E-state index contributed by atoms with van der Waals surface area (Å²) in [4.78, 5) is 15.2. The summed E-state index contributed by atoms with van der Waals surface area (Å²) < 4.78 is 10.9. The van der Waals surface area contributed by atoms with Crippen LogP contribution in [0.2, 0.25) is 0 Å². The van der Waals surface area contributed by atoms with E-state index in [-0.39, 0.29) is 23.8 Å². The Bertz CT molecular complexity index is 877. The molecule has 6 heteroatoms. The molecule has 0 bridgehead atoms. The third-order valence-electron chi connectivity index (χ3n) is 6.39. The molecule has 2 aromatic rings. The molecular weight excluding hydrogens is 380 g/mol. The number of hydrogen-bond donors (Lipinski definition) is 2. The average molecular weight is 411 g/mol.